The van der Waals surface area contributed by atoms with Gasteiger partial charge in [0.05, 0.1) is 25.5 Å². The molecule has 0 radical (unpaired) electrons. The SMILES string of the molecule is CS(=O)(=O)N[C@H]1CO[C@H]2[C@@H]1OC[C@@H]2n1nnnc1Oc1ccc2c(c1)OCO2. The number of rotatable bonds is 5. The maximum absolute atomic E-state index is 11.5. The first-order valence-electron chi connectivity index (χ1n) is 8.54. The maximum atomic E-state index is 11.5. The standard InChI is InChI=1S/C15H17N5O7S/c1-28(21,22)17-9-5-23-14-10(6-24-13(9)14)20-15(16-18-19-20)27-8-2-3-11-12(4-8)26-7-25-11/h2-4,9-10,13-14,17H,5-7H2,1H3/t9-,10-,13+,14+/m0/s1. The Kier molecular flexibility index (Phi) is 4.12. The fourth-order valence-corrected chi connectivity index (χ4v) is 4.32. The van der Waals surface area contributed by atoms with Crippen molar-refractivity contribution in [3.63, 3.8) is 0 Å². The molecular formula is C15H17N5O7S. The molecule has 0 saturated carbocycles. The lowest BCUT2D eigenvalue weighted by molar-refractivity contribution is 0.0615. The molecule has 3 aliphatic heterocycles. The van der Waals surface area contributed by atoms with Crippen molar-refractivity contribution in [2.75, 3.05) is 26.3 Å². The van der Waals surface area contributed by atoms with Crippen molar-refractivity contribution in [3.8, 4) is 23.3 Å². The van der Waals surface area contributed by atoms with Crippen LogP contribution >= 0.6 is 0 Å². The normalized spacial score (nSPS) is 28.5. The van der Waals surface area contributed by atoms with Gasteiger partial charge in [-0.25, -0.2) is 13.1 Å². The Morgan fingerprint density at radius 1 is 1.18 bits per heavy atom. The minimum atomic E-state index is -3.38. The zero-order valence-electron chi connectivity index (χ0n) is 14.7. The molecule has 28 heavy (non-hydrogen) atoms. The molecule has 0 unspecified atom stereocenters. The lowest BCUT2D eigenvalue weighted by Crippen LogP contribution is -2.43. The first-order chi connectivity index (χ1) is 13.5. The van der Waals surface area contributed by atoms with E-state index in [4.69, 9.17) is 23.7 Å². The highest BCUT2D eigenvalue weighted by Gasteiger charge is 2.50. The zero-order chi connectivity index (χ0) is 19.3. The van der Waals surface area contributed by atoms with Crippen LogP contribution in [0.4, 0.5) is 0 Å². The van der Waals surface area contributed by atoms with E-state index >= 15 is 0 Å². The molecule has 0 bridgehead atoms. The predicted octanol–water partition coefficient (Wildman–Crippen LogP) is -0.549. The summed E-state index contributed by atoms with van der Waals surface area (Å²) in [7, 11) is -3.38. The number of nitrogens with one attached hydrogen (secondary N) is 1. The molecule has 0 aliphatic carbocycles. The number of fused-ring (bicyclic) bond motifs is 2. The fraction of sp³-hybridized carbons (Fsp3) is 0.533. The third kappa shape index (κ3) is 3.15. The van der Waals surface area contributed by atoms with Crippen molar-refractivity contribution in [2.45, 2.75) is 24.3 Å². The predicted molar refractivity (Wildman–Crippen MR) is 90.7 cm³/mol. The van der Waals surface area contributed by atoms with Gasteiger partial charge >= 0.3 is 6.01 Å². The quantitative estimate of drug-likeness (QED) is 0.682. The molecule has 150 valence electrons. The number of benzene rings is 1. The van der Waals surface area contributed by atoms with Crippen LogP contribution in [0.5, 0.6) is 23.3 Å². The second-order valence-electron chi connectivity index (χ2n) is 6.68. The molecule has 3 aliphatic rings. The Morgan fingerprint density at radius 2 is 2.00 bits per heavy atom. The number of ether oxygens (including phenoxy) is 5. The van der Waals surface area contributed by atoms with Crippen LogP contribution in [0.25, 0.3) is 0 Å². The van der Waals surface area contributed by atoms with Crippen LogP contribution in [0.2, 0.25) is 0 Å². The van der Waals surface area contributed by atoms with E-state index in [0.29, 0.717) is 17.2 Å². The first kappa shape index (κ1) is 17.6. The monoisotopic (exact) mass is 411 g/mol. The van der Waals surface area contributed by atoms with Crippen molar-refractivity contribution in [1.82, 2.24) is 24.9 Å². The lowest BCUT2D eigenvalue weighted by atomic mass is 10.1. The Balaban J connectivity index is 1.34. The molecule has 4 heterocycles. The first-order valence-corrected chi connectivity index (χ1v) is 10.4. The molecule has 2 saturated heterocycles. The highest BCUT2D eigenvalue weighted by Crippen LogP contribution is 2.38. The third-order valence-electron chi connectivity index (χ3n) is 4.72. The largest absolute Gasteiger partial charge is 0.454 e. The van der Waals surface area contributed by atoms with Gasteiger partial charge in [0.2, 0.25) is 16.8 Å². The molecule has 2 fully saturated rings. The number of hydrogen-bond acceptors (Lipinski definition) is 10. The van der Waals surface area contributed by atoms with Crippen LogP contribution in [0.15, 0.2) is 18.2 Å². The van der Waals surface area contributed by atoms with Crippen LogP contribution in [-0.4, -0.2) is 73.1 Å². The summed E-state index contributed by atoms with van der Waals surface area (Å²) >= 11 is 0. The van der Waals surface area contributed by atoms with Crippen molar-refractivity contribution < 1.29 is 32.1 Å². The summed E-state index contributed by atoms with van der Waals surface area (Å²) in [5.74, 6) is 1.71. The Morgan fingerprint density at radius 3 is 2.86 bits per heavy atom. The minimum Gasteiger partial charge on any atom is -0.454 e. The van der Waals surface area contributed by atoms with E-state index < -0.39 is 28.3 Å². The van der Waals surface area contributed by atoms with Crippen LogP contribution < -0.4 is 18.9 Å². The van der Waals surface area contributed by atoms with Gasteiger partial charge in [-0.1, -0.05) is 5.10 Å². The summed E-state index contributed by atoms with van der Waals surface area (Å²) in [5.41, 5.74) is 0. The molecule has 1 N–H and O–H groups in total. The van der Waals surface area contributed by atoms with Crippen LogP contribution in [-0.2, 0) is 19.5 Å². The molecular weight excluding hydrogens is 394 g/mol. The minimum absolute atomic E-state index is 0.163. The van der Waals surface area contributed by atoms with Gasteiger partial charge in [0.1, 0.15) is 24.0 Å². The highest BCUT2D eigenvalue weighted by atomic mass is 32.2. The third-order valence-corrected chi connectivity index (χ3v) is 5.45. The fourth-order valence-electron chi connectivity index (χ4n) is 3.57. The summed E-state index contributed by atoms with van der Waals surface area (Å²) in [6.45, 7) is 0.637. The highest BCUT2D eigenvalue weighted by molar-refractivity contribution is 7.88. The van der Waals surface area contributed by atoms with Crippen molar-refractivity contribution >= 4 is 10.0 Å². The Hall–Kier alpha value is -2.48. The van der Waals surface area contributed by atoms with E-state index in [1.165, 1.54) is 4.68 Å². The van der Waals surface area contributed by atoms with E-state index in [1.54, 1.807) is 18.2 Å². The van der Waals surface area contributed by atoms with Crippen molar-refractivity contribution in [1.29, 1.82) is 0 Å². The van der Waals surface area contributed by atoms with E-state index in [1.807, 2.05) is 0 Å². The Labute approximate surface area is 159 Å². The maximum Gasteiger partial charge on any atom is 0.341 e. The molecule has 4 atom stereocenters. The lowest BCUT2D eigenvalue weighted by Gasteiger charge is -2.17. The molecule has 12 nitrogen and oxygen atoms in total. The van der Waals surface area contributed by atoms with Gasteiger partial charge in [0.25, 0.3) is 0 Å². The van der Waals surface area contributed by atoms with Crippen LogP contribution in [0, 0.1) is 0 Å². The van der Waals surface area contributed by atoms with E-state index in [-0.39, 0.29) is 32.1 Å². The van der Waals surface area contributed by atoms with Gasteiger partial charge in [-0.2, -0.15) is 4.68 Å². The summed E-state index contributed by atoms with van der Waals surface area (Å²) in [6.07, 6.45) is 0.273. The molecule has 1 aromatic carbocycles. The molecule has 2 aromatic rings. The van der Waals surface area contributed by atoms with Gasteiger partial charge < -0.3 is 23.7 Å². The van der Waals surface area contributed by atoms with E-state index in [9.17, 15) is 8.42 Å². The second-order valence-corrected chi connectivity index (χ2v) is 8.46. The Bertz CT molecular complexity index is 996. The zero-order valence-corrected chi connectivity index (χ0v) is 15.5. The van der Waals surface area contributed by atoms with Gasteiger partial charge in [-0.15, -0.1) is 0 Å². The molecule has 13 heteroatoms. The van der Waals surface area contributed by atoms with E-state index in [2.05, 4.69) is 20.2 Å². The van der Waals surface area contributed by atoms with Gasteiger partial charge in [0.15, 0.2) is 11.5 Å². The molecule has 1 aromatic heterocycles. The molecule has 5 rings (SSSR count). The van der Waals surface area contributed by atoms with E-state index in [0.717, 1.165) is 6.26 Å². The van der Waals surface area contributed by atoms with Crippen LogP contribution in [0.3, 0.4) is 0 Å². The smallest absolute Gasteiger partial charge is 0.341 e. The van der Waals surface area contributed by atoms with Gasteiger partial charge in [0, 0.05) is 6.07 Å². The van der Waals surface area contributed by atoms with Crippen molar-refractivity contribution in [3.05, 3.63) is 18.2 Å². The van der Waals surface area contributed by atoms with Crippen LogP contribution in [0.1, 0.15) is 6.04 Å². The number of tetrazole rings is 1. The average Bonchev–Trinajstić information content (AvgIpc) is 3.39. The molecule has 0 spiro atoms. The topological polar surface area (TPSA) is 136 Å². The van der Waals surface area contributed by atoms with Crippen molar-refractivity contribution in [2.24, 2.45) is 0 Å². The number of nitrogens with zero attached hydrogens (tertiary/aromatic N) is 4. The molecule has 0 amide bonds. The number of hydrogen-bond donors (Lipinski definition) is 1. The number of aromatic nitrogens is 4. The average molecular weight is 411 g/mol. The number of sulfonamides is 1. The summed E-state index contributed by atoms with van der Waals surface area (Å²) < 4.78 is 55.1. The summed E-state index contributed by atoms with van der Waals surface area (Å²) in [4.78, 5) is 0. The van der Waals surface area contributed by atoms with Gasteiger partial charge in [-0.3, -0.25) is 0 Å². The van der Waals surface area contributed by atoms with Gasteiger partial charge in [-0.05, 0) is 22.6 Å². The summed E-state index contributed by atoms with van der Waals surface area (Å²) in [6, 6.07) is 4.50. The second kappa shape index (κ2) is 6.55. The summed E-state index contributed by atoms with van der Waals surface area (Å²) in [5, 5.41) is 11.6.